The molecule has 0 spiro atoms. The van der Waals surface area contributed by atoms with E-state index in [1.807, 2.05) is 18.2 Å². The number of benzene rings is 1. The lowest BCUT2D eigenvalue weighted by Gasteiger charge is -2.13. The predicted molar refractivity (Wildman–Crippen MR) is 62.3 cm³/mol. The molecule has 1 fully saturated rings. The third-order valence-electron chi connectivity index (χ3n) is 2.65. The van der Waals surface area contributed by atoms with Gasteiger partial charge in [0.2, 0.25) is 0 Å². The van der Waals surface area contributed by atoms with Crippen LogP contribution in [-0.2, 0) is 0 Å². The number of nitrogens with one attached hydrogen (secondary N) is 1. The van der Waals surface area contributed by atoms with Gasteiger partial charge >= 0.3 is 0 Å². The van der Waals surface area contributed by atoms with Crippen molar-refractivity contribution in [2.24, 2.45) is 0 Å². The molecule has 0 atom stereocenters. The van der Waals surface area contributed by atoms with E-state index in [2.05, 4.69) is 5.32 Å². The van der Waals surface area contributed by atoms with Crippen LogP contribution >= 0.6 is 23.2 Å². The lowest BCUT2D eigenvalue weighted by molar-refractivity contribution is 0.755. The van der Waals surface area contributed by atoms with Gasteiger partial charge in [-0.1, -0.05) is 36.0 Å². The van der Waals surface area contributed by atoms with Crippen LogP contribution in [0, 0.1) is 0 Å². The molecule has 1 aliphatic carbocycles. The van der Waals surface area contributed by atoms with E-state index in [1.165, 1.54) is 25.7 Å². The summed E-state index contributed by atoms with van der Waals surface area (Å²) in [5, 5.41) is 4.70. The maximum atomic E-state index is 5.93. The average Bonchev–Trinajstić information content (AvgIpc) is 2.64. The minimum atomic E-state index is 0.614. The molecule has 0 amide bonds. The highest BCUT2D eigenvalue weighted by Gasteiger charge is 2.14. The summed E-state index contributed by atoms with van der Waals surface area (Å²) in [6.07, 6.45) is 5.19. The van der Waals surface area contributed by atoms with Gasteiger partial charge in [-0.15, -0.1) is 0 Å². The first-order chi connectivity index (χ1) is 6.75. The van der Waals surface area contributed by atoms with Crippen molar-refractivity contribution >= 4 is 28.9 Å². The molecule has 0 aliphatic heterocycles. The summed E-state index contributed by atoms with van der Waals surface area (Å²) < 4.78 is 0. The van der Waals surface area contributed by atoms with Gasteiger partial charge in [0.05, 0.1) is 10.0 Å². The minimum absolute atomic E-state index is 0.614. The van der Waals surface area contributed by atoms with Crippen molar-refractivity contribution in [3.8, 4) is 0 Å². The number of anilines is 1. The first-order valence-corrected chi connectivity index (χ1v) is 5.73. The summed E-state index contributed by atoms with van der Waals surface area (Å²) in [5.41, 5.74) is 1.08. The molecular formula is C11H13Cl2N. The second kappa shape index (κ2) is 4.41. The Kier molecular flexibility index (Phi) is 3.19. The van der Waals surface area contributed by atoms with Gasteiger partial charge in [0.1, 0.15) is 0 Å². The molecule has 0 radical (unpaired) electrons. The van der Waals surface area contributed by atoms with Crippen LogP contribution in [0.2, 0.25) is 10.0 Å². The molecular weight excluding hydrogens is 217 g/mol. The first-order valence-electron chi connectivity index (χ1n) is 4.97. The van der Waals surface area contributed by atoms with Crippen LogP contribution in [0.4, 0.5) is 5.69 Å². The van der Waals surface area contributed by atoms with Gasteiger partial charge in [-0.3, -0.25) is 0 Å². The fraction of sp³-hybridized carbons (Fsp3) is 0.455. The summed E-state index contributed by atoms with van der Waals surface area (Å²) in [6, 6.07) is 6.32. The molecule has 1 N–H and O–H groups in total. The largest absolute Gasteiger partial charge is 0.382 e. The number of hydrogen-bond donors (Lipinski definition) is 1. The van der Waals surface area contributed by atoms with Crippen molar-refractivity contribution in [3.63, 3.8) is 0 Å². The molecule has 1 aromatic carbocycles. The van der Waals surface area contributed by atoms with E-state index in [9.17, 15) is 0 Å². The van der Waals surface area contributed by atoms with E-state index in [0.717, 1.165) is 5.69 Å². The topological polar surface area (TPSA) is 12.0 Å². The van der Waals surface area contributed by atoms with Crippen LogP contribution < -0.4 is 5.32 Å². The monoisotopic (exact) mass is 229 g/mol. The Morgan fingerprint density at radius 1 is 1.07 bits per heavy atom. The summed E-state index contributed by atoms with van der Waals surface area (Å²) in [6.45, 7) is 0. The maximum absolute atomic E-state index is 5.93. The van der Waals surface area contributed by atoms with Crippen molar-refractivity contribution in [3.05, 3.63) is 28.2 Å². The maximum Gasteiger partial charge on any atom is 0.0612 e. The Balaban J connectivity index is 2.05. The number of halogens is 2. The second-order valence-electron chi connectivity index (χ2n) is 3.75. The molecule has 14 heavy (non-hydrogen) atoms. The summed E-state index contributed by atoms with van der Waals surface area (Å²) in [4.78, 5) is 0. The fourth-order valence-corrected chi connectivity index (χ4v) is 2.19. The molecule has 1 nitrogen and oxygen atoms in total. The lowest BCUT2D eigenvalue weighted by atomic mass is 10.2. The van der Waals surface area contributed by atoms with E-state index in [-0.39, 0.29) is 0 Å². The van der Waals surface area contributed by atoms with Gasteiger partial charge in [-0.25, -0.2) is 0 Å². The number of rotatable bonds is 2. The minimum Gasteiger partial charge on any atom is -0.382 e. The van der Waals surface area contributed by atoms with Gasteiger partial charge < -0.3 is 5.32 Å². The molecule has 2 rings (SSSR count). The van der Waals surface area contributed by atoms with E-state index >= 15 is 0 Å². The normalized spacial score (nSPS) is 17.3. The summed E-state index contributed by atoms with van der Waals surface area (Å²) in [5.74, 6) is 0. The molecule has 0 aromatic heterocycles. The highest BCUT2D eigenvalue weighted by Crippen LogP contribution is 2.27. The van der Waals surface area contributed by atoms with Gasteiger partial charge in [0, 0.05) is 11.7 Å². The van der Waals surface area contributed by atoms with Gasteiger partial charge in [0.25, 0.3) is 0 Å². The predicted octanol–water partition coefficient (Wildman–Crippen LogP) is 4.35. The van der Waals surface area contributed by atoms with Crippen molar-refractivity contribution in [2.75, 3.05) is 5.32 Å². The molecule has 0 unspecified atom stereocenters. The van der Waals surface area contributed by atoms with Crippen molar-refractivity contribution in [1.82, 2.24) is 0 Å². The van der Waals surface area contributed by atoms with E-state index in [4.69, 9.17) is 23.2 Å². The van der Waals surface area contributed by atoms with Crippen LogP contribution in [0.1, 0.15) is 25.7 Å². The molecule has 0 saturated heterocycles. The number of hydrogen-bond acceptors (Lipinski definition) is 1. The fourth-order valence-electron chi connectivity index (χ4n) is 1.89. The van der Waals surface area contributed by atoms with Crippen molar-refractivity contribution in [1.29, 1.82) is 0 Å². The van der Waals surface area contributed by atoms with Crippen LogP contribution in [-0.4, -0.2) is 6.04 Å². The molecule has 1 aliphatic rings. The Hall–Kier alpha value is -0.400. The zero-order valence-electron chi connectivity index (χ0n) is 7.89. The molecule has 76 valence electrons. The Labute approximate surface area is 94.4 Å². The van der Waals surface area contributed by atoms with Gasteiger partial charge in [-0.05, 0) is 31.0 Å². The average molecular weight is 230 g/mol. The third-order valence-corrected chi connectivity index (χ3v) is 3.38. The quantitative estimate of drug-likeness (QED) is 0.796. The third kappa shape index (κ3) is 2.34. The van der Waals surface area contributed by atoms with Crippen molar-refractivity contribution in [2.45, 2.75) is 31.7 Å². The smallest absolute Gasteiger partial charge is 0.0612 e. The molecule has 0 heterocycles. The standard InChI is InChI=1S/C11H13Cl2N/c12-10-6-5-9(7-11(10)13)14-8-3-1-2-4-8/h5-8,14H,1-4H2. The van der Waals surface area contributed by atoms with Crippen LogP contribution in [0.3, 0.4) is 0 Å². The van der Waals surface area contributed by atoms with E-state index in [1.54, 1.807) is 0 Å². The molecule has 1 aromatic rings. The Morgan fingerprint density at radius 3 is 2.43 bits per heavy atom. The van der Waals surface area contributed by atoms with Crippen LogP contribution in [0.5, 0.6) is 0 Å². The molecule has 0 bridgehead atoms. The molecule has 1 saturated carbocycles. The molecule has 3 heteroatoms. The van der Waals surface area contributed by atoms with Crippen LogP contribution in [0.15, 0.2) is 18.2 Å². The van der Waals surface area contributed by atoms with Crippen molar-refractivity contribution < 1.29 is 0 Å². The zero-order valence-corrected chi connectivity index (χ0v) is 9.41. The van der Waals surface area contributed by atoms with E-state index < -0.39 is 0 Å². The van der Waals surface area contributed by atoms with E-state index in [0.29, 0.717) is 16.1 Å². The second-order valence-corrected chi connectivity index (χ2v) is 4.57. The van der Waals surface area contributed by atoms with Crippen LogP contribution in [0.25, 0.3) is 0 Å². The first kappa shape index (κ1) is 10.1. The van der Waals surface area contributed by atoms with Gasteiger partial charge in [-0.2, -0.15) is 0 Å². The highest BCUT2D eigenvalue weighted by molar-refractivity contribution is 6.42. The summed E-state index contributed by atoms with van der Waals surface area (Å²) >= 11 is 11.8. The summed E-state index contributed by atoms with van der Waals surface area (Å²) in [7, 11) is 0. The highest BCUT2D eigenvalue weighted by atomic mass is 35.5. The SMILES string of the molecule is Clc1ccc(NC2CCCC2)cc1Cl. The Bertz CT molecular complexity index is 319. The lowest BCUT2D eigenvalue weighted by Crippen LogP contribution is -2.14. The Morgan fingerprint density at radius 2 is 1.79 bits per heavy atom. The van der Waals surface area contributed by atoms with Gasteiger partial charge in [0.15, 0.2) is 0 Å². The zero-order chi connectivity index (χ0) is 9.97.